The maximum Gasteiger partial charge on any atom is 0 e. The number of hydrogen-bond donors (Lipinski definition) is 0. The van der Waals surface area contributed by atoms with Crippen molar-refractivity contribution in [3.05, 3.63) is 24.3 Å². The van der Waals surface area contributed by atoms with Crippen molar-refractivity contribution < 1.29 is 16.5 Å². The predicted molar refractivity (Wildman–Crippen MR) is 22.9 cm³/mol. The third kappa shape index (κ3) is 1.42. The molecular weight excluding hydrogens is 119 g/mol. The molecule has 1 rings (SSSR count). The van der Waals surface area contributed by atoms with Crippen molar-refractivity contribution in [2.24, 2.45) is 0 Å². The van der Waals surface area contributed by atoms with Gasteiger partial charge in [-0.05, 0) is 6.42 Å². The maximum absolute atomic E-state index is 2.12. The fourth-order valence-corrected chi connectivity index (χ4v) is 0.393. The average Bonchev–Trinajstić information content (AvgIpc) is 1.76. The van der Waals surface area contributed by atoms with Crippen LogP contribution in [0.15, 0.2) is 24.3 Å². The molecule has 0 bridgehead atoms. The molecule has 0 aliphatic heterocycles. The Hall–Kier alpha value is -0.0265. The summed E-state index contributed by atoms with van der Waals surface area (Å²) in [6.45, 7) is 0. The van der Waals surface area contributed by atoms with Crippen LogP contribution in [0.1, 0.15) is 6.42 Å². The fraction of sp³-hybridized carbons (Fsp3) is 0.200. The van der Waals surface area contributed by atoms with Crippen LogP contribution in [0.2, 0.25) is 0 Å². The fourth-order valence-electron chi connectivity index (χ4n) is 0.393. The molecule has 0 radical (unpaired) electrons. The van der Waals surface area contributed by atoms with E-state index in [1.807, 2.05) is 0 Å². The molecule has 0 aromatic heterocycles. The van der Waals surface area contributed by atoms with Crippen LogP contribution in [-0.2, 0) is 16.5 Å². The molecule has 0 amide bonds. The van der Waals surface area contributed by atoms with Crippen LogP contribution >= 0.6 is 0 Å². The zero-order valence-electron chi connectivity index (χ0n) is 3.33. The first-order chi connectivity index (χ1) is 2.50. The van der Waals surface area contributed by atoms with Crippen molar-refractivity contribution in [3.63, 3.8) is 0 Å². The van der Waals surface area contributed by atoms with Gasteiger partial charge >= 0.3 is 0 Å². The van der Waals surface area contributed by atoms with E-state index < -0.39 is 0 Å². The molecule has 0 fully saturated rings. The second-order valence-electron chi connectivity index (χ2n) is 1.09. The first-order valence-corrected chi connectivity index (χ1v) is 1.82. The minimum Gasteiger partial charge on any atom is -0.0808 e. The van der Waals surface area contributed by atoms with Gasteiger partial charge in [0.2, 0.25) is 0 Å². The predicted octanol–water partition coefficient (Wildman–Crippen LogP) is 1.50. The minimum atomic E-state index is 0. The van der Waals surface area contributed by atoms with Crippen molar-refractivity contribution >= 4 is 0 Å². The summed E-state index contributed by atoms with van der Waals surface area (Å²) in [5, 5.41) is 0. The Balaban J connectivity index is 0.000000250. The van der Waals surface area contributed by atoms with E-state index in [-0.39, 0.29) is 16.5 Å². The smallest absolute Gasteiger partial charge is 0 e. The molecule has 0 saturated carbocycles. The zero-order chi connectivity index (χ0) is 3.54. The first kappa shape index (κ1) is 5.97. The summed E-state index contributed by atoms with van der Waals surface area (Å²) < 4.78 is 0. The molecule has 0 nitrogen and oxygen atoms in total. The van der Waals surface area contributed by atoms with Crippen molar-refractivity contribution in [3.8, 4) is 0 Å². The van der Waals surface area contributed by atoms with Gasteiger partial charge in [0.25, 0.3) is 0 Å². The normalized spacial score (nSPS) is 14.7. The Morgan fingerprint density at radius 1 is 1.00 bits per heavy atom. The number of hydrogen-bond acceptors (Lipinski definition) is 0. The van der Waals surface area contributed by atoms with Crippen molar-refractivity contribution in [1.29, 1.82) is 0 Å². The molecule has 1 aliphatic carbocycles. The number of rotatable bonds is 0. The van der Waals surface area contributed by atoms with E-state index in [1.54, 1.807) is 0 Å². The van der Waals surface area contributed by atoms with Gasteiger partial charge in [0.05, 0.1) is 0 Å². The van der Waals surface area contributed by atoms with Gasteiger partial charge in [-0.3, -0.25) is 0 Å². The summed E-state index contributed by atoms with van der Waals surface area (Å²) in [7, 11) is 0. The van der Waals surface area contributed by atoms with E-state index in [1.165, 1.54) is 0 Å². The van der Waals surface area contributed by atoms with E-state index in [0.29, 0.717) is 0 Å². The maximum atomic E-state index is 2.12. The molecule has 0 aromatic rings. The van der Waals surface area contributed by atoms with Gasteiger partial charge in [-0.2, -0.15) is 0 Å². The number of allylic oxidation sites excluding steroid dienone is 4. The summed E-state index contributed by atoms with van der Waals surface area (Å²) in [6.07, 6.45) is 9.50. The van der Waals surface area contributed by atoms with Crippen molar-refractivity contribution in [2.45, 2.75) is 6.42 Å². The van der Waals surface area contributed by atoms with Gasteiger partial charge in [0, 0.05) is 16.5 Å². The summed E-state index contributed by atoms with van der Waals surface area (Å²) in [5.74, 6) is 0. The molecule has 0 unspecified atom stereocenters. The molecule has 0 aromatic carbocycles. The Morgan fingerprint density at radius 3 is 1.67 bits per heavy atom. The third-order valence-electron chi connectivity index (χ3n) is 0.655. The molecule has 0 heterocycles. The van der Waals surface area contributed by atoms with Gasteiger partial charge in [0.1, 0.15) is 0 Å². The molecular formula is C5H6Ni. The Labute approximate surface area is 47.9 Å². The van der Waals surface area contributed by atoms with E-state index in [9.17, 15) is 0 Å². The van der Waals surface area contributed by atoms with Crippen molar-refractivity contribution in [2.75, 3.05) is 0 Å². The molecule has 1 heteroatoms. The second kappa shape index (κ2) is 3.17. The van der Waals surface area contributed by atoms with Crippen LogP contribution in [-0.4, -0.2) is 0 Å². The molecule has 0 spiro atoms. The second-order valence-corrected chi connectivity index (χ2v) is 1.09. The minimum absolute atomic E-state index is 0. The van der Waals surface area contributed by atoms with Crippen LogP contribution < -0.4 is 0 Å². The molecule has 0 saturated heterocycles. The van der Waals surface area contributed by atoms with Crippen LogP contribution in [0, 0.1) is 0 Å². The van der Waals surface area contributed by atoms with Crippen LogP contribution in [0.3, 0.4) is 0 Å². The summed E-state index contributed by atoms with van der Waals surface area (Å²) in [4.78, 5) is 0. The van der Waals surface area contributed by atoms with Gasteiger partial charge in [-0.1, -0.05) is 24.3 Å². The van der Waals surface area contributed by atoms with E-state index in [2.05, 4.69) is 24.3 Å². The van der Waals surface area contributed by atoms with Crippen LogP contribution in [0.5, 0.6) is 0 Å². The monoisotopic (exact) mass is 124 g/mol. The van der Waals surface area contributed by atoms with Gasteiger partial charge in [0.15, 0.2) is 0 Å². The topological polar surface area (TPSA) is 0 Å². The van der Waals surface area contributed by atoms with Gasteiger partial charge in [-0.15, -0.1) is 0 Å². The largest absolute Gasteiger partial charge is 0.0808 e. The SMILES string of the molecule is C1=CCC=C1.[Ni]. The van der Waals surface area contributed by atoms with Crippen molar-refractivity contribution in [1.82, 2.24) is 0 Å². The first-order valence-electron chi connectivity index (χ1n) is 1.82. The quantitative estimate of drug-likeness (QED) is 0.430. The van der Waals surface area contributed by atoms with Crippen LogP contribution in [0.4, 0.5) is 0 Å². The Bertz CT molecular complexity index is 62.0. The van der Waals surface area contributed by atoms with Gasteiger partial charge < -0.3 is 0 Å². The molecule has 1 aliphatic rings. The average molecular weight is 125 g/mol. The Kier molecular flexibility index (Phi) is 3.16. The van der Waals surface area contributed by atoms with Crippen LogP contribution in [0.25, 0.3) is 0 Å². The summed E-state index contributed by atoms with van der Waals surface area (Å²) >= 11 is 0. The zero-order valence-corrected chi connectivity index (χ0v) is 4.32. The molecule has 6 heavy (non-hydrogen) atoms. The molecule has 0 atom stereocenters. The summed E-state index contributed by atoms with van der Waals surface area (Å²) in [5.41, 5.74) is 0. The van der Waals surface area contributed by atoms with E-state index in [0.717, 1.165) is 6.42 Å². The molecule has 36 valence electrons. The summed E-state index contributed by atoms with van der Waals surface area (Å²) in [6, 6.07) is 0. The third-order valence-corrected chi connectivity index (χ3v) is 0.655. The van der Waals surface area contributed by atoms with E-state index in [4.69, 9.17) is 0 Å². The van der Waals surface area contributed by atoms with Gasteiger partial charge in [-0.25, -0.2) is 0 Å². The Morgan fingerprint density at radius 2 is 1.50 bits per heavy atom. The molecule has 0 N–H and O–H groups in total. The van der Waals surface area contributed by atoms with E-state index >= 15 is 0 Å². The standard InChI is InChI=1S/C5H6.Ni/c1-2-4-5-3-1;/h1-4H,5H2;.